The quantitative estimate of drug-likeness (QED) is 0.399. The van der Waals surface area contributed by atoms with Gasteiger partial charge in [-0.3, -0.25) is 10.1 Å². The zero-order chi connectivity index (χ0) is 23.2. The molecule has 0 saturated heterocycles. The number of aromatic nitrogens is 1. The van der Waals surface area contributed by atoms with Crippen LogP contribution in [0.3, 0.4) is 0 Å². The number of carbonyl (C=O) groups is 2. The van der Waals surface area contributed by atoms with Crippen molar-refractivity contribution in [2.24, 2.45) is 0 Å². The molecule has 7 nitrogen and oxygen atoms in total. The molecule has 0 bridgehead atoms. The number of pyridine rings is 1. The number of hydrogen-bond donors (Lipinski definition) is 2. The number of anilines is 2. The van der Waals surface area contributed by atoms with Gasteiger partial charge in [-0.1, -0.05) is 48.5 Å². The van der Waals surface area contributed by atoms with E-state index in [-0.39, 0.29) is 12.5 Å². The van der Waals surface area contributed by atoms with Crippen LogP contribution in [0.2, 0.25) is 0 Å². The molecule has 2 N–H and O–H groups in total. The van der Waals surface area contributed by atoms with Crippen LogP contribution >= 0.6 is 0 Å². The van der Waals surface area contributed by atoms with E-state index < -0.39 is 6.09 Å². The van der Waals surface area contributed by atoms with Crippen LogP contribution < -0.4 is 15.4 Å². The highest BCUT2D eigenvalue weighted by Crippen LogP contribution is 2.30. The lowest BCUT2D eigenvalue weighted by Crippen LogP contribution is -2.15. The molecule has 0 radical (unpaired) electrons. The third kappa shape index (κ3) is 4.93. The van der Waals surface area contributed by atoms with E-state index in [0.717, 1.165) is 16.5 Å². The molecule has 0 aliphatic heterocycles. The highest BCUT2D eigenvalue weighted by Gasteiger charge is 2.16. The highest BCUT2D eigenvalue weighted by molar-refractivity contribution is 6.13. The summed E-state index contributed by atoms with van der Waals surface area (Å²) in [4.78, 5) is 29.8. The highest BCUT2D eigenvalue weighted by atomic mass is 16.5. The maximum absolute atomic E-state index is 13.3. The van der Waals surface area contributed by atoms with Crippen molar-refractivity contribution in [3.05, 3.63) is 84.4 Å². The molecule has 3 aromatic carbocycles. The molecule has 2 amide bonds. The summed E-state index contributed by atoms with van der Waals surface area (Å²) < 4.78 is 10.3. The first-order chi connectivity index (χ1) is 16.1. The smallest absolute Gasteiger partial charge is 0.411 e. The third-order valence-electron chi connectivity index (χ3n) is 5.00. The van der Waals surface area contributed by atoms with Gasteiger partial charge in [0.25, 0.3) is 5.91 Å². The van der Waals surface area contributed by atoms with Gasteiger partial charge in [0.15, 0.2) is 0 Å². The van der Waals surface area contributed by atoms with Crippen LogP contribution in [0.5, 0.6) is 5.75 Å². The Hall–Kier alpha value is -4.39. The van der Waals surface area contributed by atoms with Gasteiger partial charge in [0.2, 0.25) is 0 Å². The van der Waals surface area contributed by atoms with Crippen LogP contribution in [0.1, 0.15) is 17.3 Å². The first-order valence-electron chi connectivity index (χ1n) is 10.5. The predicted molar refractivity (Wildman–Crippen MR) is 129 cm³/mol. The fourth-order valence-electron chi connectivity index (χ4n) is 3.47. The molecule has 7 heteroatoms. The van der Waals surface area contributed by atoms with Crippen molar-refractivity contribution in [3.8, 4) is 17.0 Å². The number of methoxy groups -OCH3 is 1. The van der Waals surface area contributed by atoms with Crippen LogP contribution in [0.4, 0.5) is 16.2 Å². The van der Waals surface area contributed by atoms with Crippen LogP contribution in [0.15, 0.2) is 78.9 Å². The number of carbonyl (C=O) groups excluding carboxylic acids is 2. The molecule has 0 unspecified atom stereocenters. The molecular formula is C26H23N3O4. The standard InChI is InChI=1S/C26H23N3O4/c1-3-33-26(31)29-22-14-13-18(15-24(22)32-2)27-25(30)20-16-23(17-9-5-4-6-10-17)28-21-12-8-7-11-19(20)21/h4-16H,3H2,1-2H3,(H,27,30)(H,29,31). The average molecular weight is 441 g/mol. The first kappa shape index (κ1) is 21.8. The summed E-state index contributed by atoms with van der Waals surface area (Å²) in [6.45, 7) is 1.98. The number of fused-ring (bicyclic) bond motifs is 1. The average Bonchev–Trinajstić information content (AvgIpc) is 2.85. The molecule has 0 aliphatic rings. The molecular weight excluding hydrogens is 418 g/mol. The molecule has 33 heavy (non-hydrogen) atoms. The van der Waals surface area contributed by atoms with E-state index in [9.17, 15) is 9.59 Å². The van der Waals surface area contributed by atoms with Gasteiger partial charge in [0.05, 0.1) is 36.2 Å². The van der Waals surface area contributed by atoms with Gasteiger partial charge < -0.3 is 14.8 Å². The van der Waals surface area contributed by atoms with Crippen LogP contribution in [-0.2, 0) is 4.74 Å². The van der Waals surface area contributed by atoms with E-state index in [0.29, 0.717) is 28.4 Å². The number of benzene rings is 3. The van der Waals surface area contributed by atoms with Gasteiger partial charge in [-0.15, -0.1) is 0 Å². The lowest BCUT2D eigenvalue weighted by Gasteiger charge is -2.14. The molecule has 0 atom stereocenters. The first-order valence-corrected chi connectivity index (χ1v) is 10.5. The SMILES string of the molecule is CCOC(=O)Nc1ccc(NC(=O)c2cc(-c3ccccc3)nc3ccccc23)cc1OC. The molecule has 4 rings (SSSR count). The number of para-hydroxylation sites is 1. The Bertz CT molecular complexity index is 1310. The Kier molecular flexibility index (Phi) is 6.50. The van der Waals surface area contributed by atoms with Crippen LogP contribution in [0.25, 0.3) is 22.2 Å². The van der Waals surface area contributed by atoms with E-state index in [1.165, 1.54) is 7.11 Å². The number of nitrogens with one attached hydrogen (secondary N) is 2. The zero-order valence-corrected chi connectivity index (χ0v) is 18.3. The molecule has 0 saturated carbocycles. The maximum Gasteiger partial charge on any atom is 0.411 e. The minimum absolute atomic E-state index is 0.257. The Balaban J connectivity index is 1.66. The largest absolute Gasteiger partial charge is 0.494 e. The van der Waals surface area contributed by atoms with Crippen LogP contribution in [0, 0.1) is 0 Å². The molecule has 166 valence electrons. The van der Waals surface area contributed by atoms with Crippen molar-refractivity contribution in [3.63, 3.8) is 0 Å². The fraction of sp³-hybridized carbons (Fsp3) is 0.115. The third-order valence-corrected chi connectivity index (χ3v) is 5.00. The number of ether oxygens (including phenoxy) is 2. The van der Waals surface area contributed by atoms with Crippen molar-refractivity contribution >= 4 is 34.3 Å². The summed E-state index contributed by atoms with van der Waals surface area (Å²) in [5.41, 5.74) is 3.84. The minimum Gasteiger partial charge on any atom is -0.494 e. The minimum atomic E-state index is -0.579. The molecule has 0 aliphatic carbocycles. The topological polar surface area (TPSA) is 89.6 Å². The van der Waals surface area contributed by atoms with Gasteiger partial charge in [-0.2, -0.15) is 0 Å². The second-order valence-corrected chi connectivity index (χ2v) is 7.15. The zero-order valence-electron chi connectivity index (χ0n) is 18.3. The lowest BCUT2D eigenvalue weighted by atomic mass is 10.0. The van der Waals surface area contributed by atoms with E-state index in [2.05, 4.69) is 10.6 Å². The second-order valence-electron chi connectivity index (χ2n) is 7.15. The molecule has 0 spiro atoms. The second kappa shape index (κ2) is 9.82. The van der Waals surface area contributed by atoms with Crippen molar-refractivity contribution < 1.29 is 19.1 Å². The van der Waals surface area contributed by atoms with E-state index >= 15 is 0 Å². The van der Waals surface area contributed by atoms with Gasteiger partial charge in [0, 0.05) is 22.7 Å². The Labute approximate surface area is 191 Å². The Morgan fingerprint density at radius 1 is 0.909 bits per heavy atom. The van der Waals surface area contributed by atoms with Crippen LogP contribution in [-0.4, -0.2) is 30.7 Å². The van der Waals surface area contributed by atoms with Gasteiger partial charge in [0.1, 0.15) is 5.75 Å². The Morgan fingerprint density at radius 3 is 2.42 bits per heavy atom. The number of hydrogen-bond acceptors (Lipinski definition) is 5. The molecule has 0 fully saturated rings. The summed E-state index contributed by atoms with van der Waals surface area (Å²) in [7, 11) is 1.49. The predicted octanol–water partition coefficient (Wildman–Crippen LogP) is 5.73. The summed E-state index contributed by atoms with van der Waals surface area (Å²) >= 11 is 0. The van der Waals surface area contributed by atoms with Crippen molar-refractivity contribution in [1.29, 1.82) is 0 Å². The van der Waals surface area contributed by atoms with E-state index in [1.54, 1.807) is 31.2 Å². The van der Waals surface area contributed by atoms with Crippen molar-refractivity contribution in [2.45, 2.75) is 6.92 Å². The summed E-state index contributed by atoms with van der Waals surface area (Å²) in [5.74, 6) is 0.115. The van der Waals surface area contributed by atoms with Crippen molar-refractivity contribution in [1.82, 2.24) is 4.98 Å². The van der Waals surface area contributed by atoms with E-state index in [1.807, 2.05) is 54.6 Å². The lowest BCUT2D eigenvalue weighted by molar-refractivity contribution is 0.102. The molecule has 4 aromatic rings. The van der Waals surface area contributed by atoms with Gasteiger partial charge >= 0.3 is 6.09 Å². The number of nitrogens with zero attached hydrogens (tertiary/aromatic N) is 1. The van der Waals surface area contributed by atoms with Gasteiger partial charge in [-0.05, 0) is 31.2 Å². The summed E-state index contributed by atoms with van der Waals surface area (Å²) in [5, 5.41) is 6.29. The number of rotatable bonds is 6. The normalized spacial score (nSPS) is 10.5. The number of amides is 2. The maximum atomic E-state index is 13.3. The summed E-state index contributed by atoms with van der Waals surface area (Å²) in [6, 6.07) is 24.0. The monoisotopic (exact) mass is 441 g/mol. The van der Waals surface area contributed by atoms with Crippen molar-refractivity contribution in [2.75, 3.05) is 24.4 Å². The fourth-order valence-corrected chi connectivity index (χ4v) is 3.47. The molecule has 1 aromatic heterocycles. The molecule has 1 heterocycles. The van der Waals surface area contributed by atoms with Gasteiger partial charge in [-0.25, -0.2) is 9.78 Å². The Morgan fingerprint density at radius 2 is 1.67 bits per heavy atom. The summed E-state index contributed by atoms with van der Waals surface area (Å²) in [6.07, 6.45) is -0.579. The van der Waals surface area contributed by atoms with E-state index in [4.69, 9.17) is 14.5 Å².